The lowest BCUT2D eigenvalue weighted by molar-refractivity contribution is -0.159. The summed E-state index contributed by atoms with van der Waals surface area (Å²) in [6.45, 7) is -0.258. The maximum absolute atomic E-state index is 11.9. The first-order chi connectivity index (χ1) is 8.16. The van der Waals surface area contributed by atoms with Crippen LogP contribution in [0.15, 0.2) is 0 Å². The summed E-state index contributed by atoms with van der Waals surface area (Å²) in [5.74, 6) is -0.761. The monoisotopic (exact) mass is 285 g/mol. The van der Waals surface area contributed by atoms with Gasteiger partial charge in [-0.2, -0.15) is 8.78 Å². The number of ether oxygens (including phenoxy) is 1. The topological polar surface area (TPSA) is 63.7 Å². The Morgan fingerprint density at radius 3 is 2.56 bits per heavy atom. The molecule has 1 aliphatic heterocycles. The number of carbonyl (C=O) groups is 1. The molecule has 0 spiro atoms. The lowest BCUT2D eigenvalue weighted by Gasteiger charge is -2.22. The number of nitrogens with zero attached hydrogens (tertiary/aromatic N) is 1. The smallest absolute Gasteiger partial charge is 0.340 e. The van der Waals surface area contributed by atoms with E-state index in [1.807, 2.05) is 0 Å². The van der Waals surface area contributed by atoms with Gasteiger partial charge >= 0.3 is 6.61 Å². The molecule has 0 bridgehead atoms. The van der Waals surface area contributed by atoms with Gasteiger partial charge in [-0.25, -0.2) is 8.42 Å². The fraction of sp³-hybridized carbons (Fsp3) is 0.900. The van der Waals surface area contributed by atoms with E-state index < -0.39 is 33.7 Å². The SMILES string of the molecule is CC1(C)CCN(C(=O)COC(F)F)CCS1(=O)=O. The number of rotatable bonds is 3. The second-order valence-corrected chi connectivity index (χ2v) is 7.52. The zero-order chi connectivity index (χ0) is 14.0. The van der Waals surface area contributed by atoms with Crippen LogP contribution in [-0.4, -0.2) is 56.0 Å². The molecular formula is C10H17F2NO4S. The van der Waals surface area contributed by atoms with E-state index in [9.17, 15) is 22.0 Å². The Bertz CT molecular complexity index is 408. The van der Waals surface area contributed by atoms with Crippen molar-refractivity contribution in [3.63, 3.8) is 0 Å². The van der Waals surface area contributed by atoms with E-state index in [-0.39, 0.29) is 25.3 Å². The first-order valence-corrected chi connectivity index (χ1v) is 7.21. The number of sulfone groups is 1. The molecule has 18 heavy (non-hydrogen) atoms. The molecule has 0 saturated carbocycles. The maximum atomic E-state index is 11.9. The van der Waals surface area contributed by atoms with Crippen molar-refractivity contribution in [3.05, 3.63) is 0 Å². The zero-order valence-corrected chi connectivity index (χ0v) is 11.2. The third-order valence-corrected chi connectivity index (χ3v) is 5.75. The van der Waals surface area contributed by atoms with Gasteiger partial charge in [-0.1, -0.05) is 0 Å². The number of carbonyl (C=O) groups excluding carboxylic acids is 1. The largest absolute Gasteiger partial charge is 0.345 e. The van der Waals surface area contributed by atoms with Crippen molar-refractivity contribution < 1.29 is 26.7 Å². The van der Waals surface area contributed by atoms with Crippen molar-refractivity contribution in [3.8, 4) is 0 Å². The van der Waals surface area contributed by atoms with E-state index >= 15 is 0 Å². The van der Waals surface area contributed by atoms with Gasteiger partial charge in [0.25, 0.3) is 0 Å². The number of hydrogen-bond donors (Lipinski definition) is 0. The molecule has 1 aliphatic rings. The Morgan fingerprint density at radius 1 is 1.39 bits per heavy atom. The molecule has 0 unspecified atom stereocenters. The van der Waals surface area contributed by atoms with E-state index in [1.165, 1.54) is 4.90 Å². The van der Waals surface area contributed by atoms with Gasteiger partial charge in [-0.3, -0.25) is 4.79 Å². The fourth-order valence-corrected chi connectivity index (χ4v) is 3.07. The predicted molar refractivity (Wildman–Crippen MR) is 61.0 cm³/mol. The molecule has 0 aliphatic carbocycles. The highest BCUT2D eigenvalue weighted by molar-refractivity contribution is 7.92. The van der Waals surface area contributed by atoms with E-state index in [4.69, 9.17) is 0 Å². The second-order valence-electron chi connectivity index (χ2n) is 4.78. The van der Waals surface area contributed by atoms with Crippen LogP contribution >= 0.6 is 0 Å². The standard InChI is InChI=1S/C10H17F2NO4S/c1-10(2)3-4-13(5-6-18(10,15)16)8(14)7-17-9(11)12/h9H,3-7H2,1-2H3. The number of hydrogen-bond acceptors (Lipinski definition) is 4. The average Bonchev–Trinajstić information content (AvgIpc) is 2.34. The number of halogens is 2. The number of amides is 1. The van der Waals surface area contributed by atoms with Gasteiger partial charge in [0.2, 0.25) is 5.91 Å². The number of alkyl halides is 2. The summed E-state index contributed by atoms with van der Waals surface area (Å²) < 4.78 is 50.4. The van der Waals surface area contributed by atoms with Crippen LogP contribution in [0.2, 0.25) is 0 Å². The average molecular weight is 285 g/mol. The third-order valence-electron chi connectivity index (χ3n) is 3.14. The first kappa shape index (κ1) is 15.3. The van der Waals surface area contributed by atoms with Crippen LogP contribution in [0.5, 0.6) is 0 Å². The molecule has 1 saturated heterocycles. The van der Waals surface area contributed by atoms with E-state index in [0.29, 0.717) is 0 Å². The van der Waals surface area contributed by atoms with Crippen molar-refractivity contribution in [2.75, 3.05) is 25.4 Å². The van der Waals surface area contributed by atoms with E-state index in [0.717, 1.165) is 0 Å². The molecule has 1 fully saturated rings. The Kier molecular flexibility index (Phi) is 4.66. The first-order valence-electron chi connectivity index (χ1n) is 5.55. The Balaban J connectivity index is 2.65. The molecule has 1 rings (SSSR count). The molecule has 5 nitrogen and oxygen atoms in total. The van der Waals surface area contributed by atoms with Crippen molar-refractivity contribution >= 4 is 15.7 Å². The lowest BCUT2D eigenvalue weighted by atomic mass is 10.1. The molecular weight excluding hydrogens is 268 g/mol. The summed E-state index contributed by atoms with van der Waals surface area (Å²) in [5, 5.41) is 0. The molecule has 0 aromatic heterocycles. The van der Waals surface area contributed by atoms with Gasteiger partial charge in [0.15, 0.2) is 9.84 Å². The van der Waals surface area contributed by atoms with Crippen molar-refractivity contribution in [2.24, 2.45) is 0 Å². The van der Waals surface area contributed by atoms with Crippen LogP contribution in [0, 0.1) is 0 Å². The van der Waals surface area contributed by atoms with Crippen LogP contribution < -0.4 is 0 Å². The van der Waals surface area contributed by atoms with Gasteiger partial charge in [0.05, 0.1) is 10.5 Å². The minimum atomic E-state index is -3.28. The summed E-state index contributed by atoms with van der Waals surface area (Å²) in [7, 11) is -3.28. The summed E-state index contributed by atoms with van der Waals surface area (Å²) in [6, 6.07) is 0. The van der Waals surface area contributed by atoms with Crippen LogP contribution in [0.25, 0.3) is 0 Å². The Hall–Kier alpha value is -0.760. The quantitative estimate of drug-likeness (QED) is 0.764. The predicted octanol–water partition coefficient (Wildman–Crippen LogP) is 0.651. The van der Waals surface area contributed by atoms with Gasteiger partial charge in [-0.15, -0.1) is 0 Å². The van der Waals surface area contributed by atoms with Crippen molar-refractivity contribution in [2.45, 2.75) is 31.6 Å². The van der Waals surface area contributed by atoms with E-state index in [2.05, 4.69) is 4.74 Å². The Morgan fingerprint density at radius 2 is 2.00 bits per heavy atom. The van der Waals surface area contributed by atoms with Crippen LogP contribution in [0.3, 0.4) is 0 Å². The van der Waals surface area contributed by atoms with Gasteiger partial charge < -0.3 is 9.64 Å². The third kappa shape index (κ3) is 3.61. The maximum Gasteiger partial charge on any atom is 0.345 e. The Labute approximate surface area is 105 Å². The lowest BCUT2D eigenvalue weighted by Crippen LogP contribution is -2.36. The van der Waals surface area contributed by atoms with Crippen molar-refractivity contribution in [1.82, 2.24) is 4.90 Å². The molecule has 0 N–H and O–H groups in total. The highest BCUT2D eigenvalue weighted by Gasteiger charge is 2.37. The fourth-order valence-electron chi connectivity index (χ4n) is 1.65. The highest BCUT2D eigenvalue weighted by Crippen LogP contribution is 2.25. The molecule has 0 atom stereocenters. The normalized spacial score (nSPS) is 22.8. The van der Waals surface area contributed by atoms with Gasteiger partial charge in [-0.05, 0) is 20.3 Å². The van der Waals surface area contributed by atoms with Crippen LogP contribution in [0.4, 0.5) is 8.78 Å². The molecule has 0 aromatic rings. The summed E-state index contributed by atoms with van der Waals surface area (Å²) in [4.78, 5) is 12.8. The molecule has 1 amide bonds. The summed E-state index contributed by atoms with van der Waals surface area (Å²) in [5.41, 5.74) is 0. The minimum absolute atomic E-state index is 0.0250. The molecule has 0 radical (unpaired) electrons. The van der Waals surface area contributed by atoms with Gasteiger partial charge in [0, 0.05) is 13.1 Å². The molecule has 106 valence electrons. The minimum Gasteiger partial charge on any atom is -0.340 e. The molecule has 1 heterocycles. The van der Waals surface area contributed by atoms with Crippen LogP contribution in [0.1, 0.15) is 20.3 Å². The summed E-state index contributed by atoms with van der Waals surface area (Å²) >= 11 is 0. The molecule has 0 aromatic carbocycles. The van der Waals surface area contributed by atoms with Gasteiger partial charge in [0.1, 0.15) is 6.61 Å². The highest BCUT2D eigenvalue weighted by atomic mass is 32.2. The summed E-state index contributed by atoms with van der Waals surface area (Å²) in [6.07, 6.45) is 0.287. The zero-order valence-electron chi connectivity index (χ0n) is 10.4. The second kappa shape index (κ2) is 5.48. The van der Waals surface area contributed by atoms with E-state index in [1.54, 1.807) is 13.8 Å². The van der Waals surface area contributed by atoms with Crippen molar-refractivity contribution in [1.29, 1.82) is 0 Å². The van der Waals surface area contributed by atoms with Crippen LogP contribution in [-0.2, 0) is 19.4 Å². The molecule has 8 heteroatoms.